The van der Waals surface area contributed by atoms with E-state index in [2.05, 4.69) is 23.2 Å². The Bertz CT molecular complexity index is 1180. The molecule has 0 fully saturated rings. The summed E-state index contributed by atoms with van der Waals surface area (Å²) in [5.41, 5.74) is 9.24. The van der Waals surface area contributed by atoms with Crippen molar-refractivity contribution >= 4 is 0 Å². The Labute approximate surface area is 179 Å². The average molecular weight is 418 g/mol. The van der Waals surface area contributed by atoms with Gasteiger partial charge in [0.25, 0.3) is 0 Å². The van der Waals surface area contributed by atoms with E-state index in [0.717, 1.165) is 17.7 Å². The lowest BCUT2D eigenvalue weighted by Crippen LogP contribution is -2.21. The molecule has 4 N–H and O–H groups in total. The number of H-pyrrole nitrogens is 1. The predicted molar refractivity (Wildman–Crippen MR) is 114 cm³/mol. The lowest BCUT2D eigenvalue weighted by molar-refractivity contribution is 0.317. The van der Waals surface area contributed by atoms with Crippen LogP contribution in [-0.4, -0.2) is 29.0 Å². The van der Waals surface area contributed by atoms with Crippen LogP contribution in [0, 0.1) is 11.3 Å². The van der Waals surface area contributed by atoms with Gasteiger partial charge in [-0.1, -0.05) is 13.0 Å². The van der Waals surface area contributed by atoms with Crippen LogP contribution in [0.25, 0.3) is 11.3 Å². The second-order valence-corrected chi connectivity index (χ2v) is 7.05. The zero-order valence-corrected chi connectivity index (χ0v) is 17.2. The lowest BCUT2D eigenvalue weighted by Gasteiger charge is -2.24. The number of rotatable bonds is 6. The van der Waals surface area contributed by atoms with Crippen LogP contribution in [0.1, 0.15) is 30.4 Å². The topological polar surface area (TPSA) is 126 Å². The molecule has 31 heavy (non-hydrogen) atoms. The van der Waals surface area contributed by atoms with Crippen molar-refractivity contribution in [2.45, 2.75) is 19.3 Å². The number of nitrogens with zero attached hydrogens (tertiary/aromatic N) is 2. The zero-order valence-electron chi connectivity index (χ0n) is 17.2. The fourth-order valence-corrected chi connectivity index (χ4v) is 3.61. The summed E-state index contributed by atoms with van der Waals surface area (Å²) in [5.74, 6) is 0.820. The Morgan fingerprint density at radius 1 is 1.26 bits per heavy atom. The van der Waals surface area contributed by atoms with Crippen molar-refractivity contribution in [2.75, 3.05) is 13.7 Å². The van der Waals surface area contributed by atoms with E-state index in [1.165, 1.54) is 13.2 Å². The van der Waals surface area contributed by atoms with Gasteiger partial charge >= 0.3 is 0 Å². The minimum absolute atomic E-state index is 0.00378. The third-order valence-electron chi connectivity index (χ3n) is 5.09. The van der Waals surface area contributed by atoms with Crippen LogP contribution in [0.4, 0.5) is 0 Å². The third kappa shape index (κ3) is 3.62. The standard InChI is InChI=1S/C23H22N4O4/c1-3-10-30-15-7-4-13(5-8-15)21-20-19(14-6-9-17(28)18(11-14)29-2)16(12-24)22(25)31-23(20)27-26-21/h4-9,11,19,28H,3,10,25H2,1-2H3,(H,26,27)/t19-/m1/s1. The van der Waals surface area contributed by atoms with Crippen molar-refractivity contribution in [3.8, 4) is 40.5 Å². The number of nitriles is 1. The summed E-state index contributed by atoms with van der Waals surface area (Å²) in [5, 5.41) is 27.1. The highest BCUT2D eigenvalue weighted by Gasteiger charge is 2.36. The average Bonchev–Trinajstić information content (AvgIpc) is 3.20. The molecule has 1 aliphatic heterocycles. The minimum Gasteiger partial charge on any atom is -0.504 e. The SMILES string of the molecule is CCCOc1ccc(-c2[nH]nc3c2[C@H](c2ccc(O)c(OC)c2)C(C#N)=C(N)O3)cc1. The number of fused-ring (bicyclic) bond motifs is 1. The summed E-state index contributed by atoms with van der Waals surface area (Å²) in [6.45, 7) is 2.70. The first-order chi connectivity index (χ1) is 15.1. The van der Waals surface area contributed by atoms with E-state index < -0.39 is 5.92 Å². The van der Waals surface area contributed by atoms with Gasteiger partial charge in [0.15, 0.2) is 11.5 Å². The fraction of sp³-hybridized carbons (Fsp3) is 0.217. The van der Waals surface area contributed by atoms with Crippen LogP contribution < -0.4 is 19.9 Å². The van der Waals surface area contributed by atoms with Crippen LogP contribution in [-0.2, 0) is 0 Å². The van der Waals surface area contributed by atoms with E-state index in [-0.39, 0.29) is 17.2 Å². The van der Waals surface area contributed by atoms with Gasteiger partial charge in [-0.15, -0.1) is 5.10 Å². The fourth-order valence-electron chi connectivity index (χ4n) is 3.61. The molecule has 1 atom stereocenters. The number of aromatic nitrogens is 2. The van der Waals surface area contributed by atoms with Gasteiger partial charge in [-0.25, -0.2) is 0 Å². The summed E-state index contributed by atoms with van der Waals surface area (Å²) in [6.07, 6.45) is 0.926. The van der Waals surface area contributed by atoms with Gasteiger partial charge in [0.05, 0.1) is 30.9 Å². The largest absolute Gasteiger partial charge is 0.504 e. The van der Waals surface area contributed by atoms with Crippen LogP contribution in [0.2, 0.25) is 0 Å². The molecule has 8 nitrogen and oxygen atoms in total. The van der Waals surface area contributed by atoms with Crippen molar-refractivity contribution in [1.82, 2.24) is 10.2 Å². The number of ether oxygens (including phenoxy) is 3. The number of phenolic OH excluding ortho intramolecular Hbond substituents is 1. The molecule has 2 aromatic carbocycles. The smallest absolute Gasteiger partial charge is 0.244 e. The van der Waals surface area contributed by atoms with Crippen molar-refractivity contribution in [2.24, 2.45) is 5.73 Å². The highest BCUT2D eigenvalue weighted by Crippen LogP contribution is 2.46. The first kappa shape index (κ1) is 20.2. The Morgan fingerprint density at radius 3 is 2.71 bits per heavy atom. The molecular formula is C23H22N4O4. The molecule has 0 amide bonds. The molecular weight excluding hydrogens is 396 g/mol. The van der Waals surface area contributed by atoms with Gasteiger partial charge in [0.2, 0.25) is 11.8 Å². The number of hydrogen-bond acceptors (Lipinski definition) is 7. The zero-order chi connectivity index (χ0) is 22.0. The van der Waals surface area contributed by atoms with Gasteiger partial charge in [0.1, 0.15) is 17.4 Å². The van der Waals surface area contributed by atoms with E-state index in [9.17, 15) is 10.4 Å². The van der Waals surface area contributed by atoms with Gasteiger partial charge < -0.3 is 25.1 Å². The Hall–Kier alpha value is -4.12. The van der Waals surface area contributed by atoms with Gasteiger partial charge in [-0.3, -0.25) is 5.10 Å². The third-order valence-corrected chi connectivity index (χ3v) is 5.09. The van der Waals surface area contributed by atoms with Crippen molar-refractivity contribution in [1.29, 1.82) is 5.26 Å². The predicted octanol–water partition coefficient (Wildman–Crippen LogP) is 3.80. The van der Waals surface area contributed by atoms with Crippen LogP contribution >= 0.6 is 0 Å². The number of methoxy groups -OCH3 is 1. The number of nitrogens with two attached hydrogens (primary N) is 1. The van der Waals surface area contributed by atoms with Gasteiger partial charge in [0, 0.05) is 5.56 Å². The summed E-state index contributed by atoms with van der Waals surface area (Å²) in [7, 11) is 1.47. The maximum Gasteiger partial charge on any atom is 0.244 e. The molecule has 3 aromatic rings. The molecule has 1 aliphatic rings. The quantitative estimate of drug-likeness (QED) is 0.556. The highest BCUT2D eigenvalue weighted by molar-refractivity contribution is 5.71. The van der Waals surface area contributed by atoms with Crippen LogP contribution in [0.15, 0.2) is 53.9 Å². The summed E-state index contributed by atoms with van der Waals surface area (Å²) < 4.78 is 16.5. The summed E-state index contributed by atoms with van der Waals surface area (Å²) >= 11 is 0. The van der Waals surface area contributed by atoms with Crippen LogP contribution in [0.3, 0.4) is 0 Å². The van der Waals surface area contributed by atoms with Crippen molar-refractivity contribution in [3.63, 3.8) is 0 Å². The molecule has 0 unspecified atom stereocenters. The minimum atomic E-state index is -0.548. The lowest BCUT2D eigenvalue weighted by atomic mass is 9.83. The monoisotopic (exact) mass is 418 g/mol. The van der Waals surface area contributed by atoms with E-state index >= 15 is 0 Å². The summed E-state index contributed by atoms with van der Waals surface area (Å²) in [4.78, 5) is 0. The second-order valence-electron chi connectivity index (χ2n) is 7.05. The normalized spacial score (nSPS) is 15.1. The van der Waals surface area contributed by atoms with E-state index in [4.69, 9.17) is 19.9 Å². The number of nitrogens with one attached hydrogen (secondary N) is 1. The number of phenols is 1. The van der Waals surface area contributed by atoms with E-state index in [0.29, 0.717) is 35.1 Å². The van der Waals surface area contributed by atoms with Crippen LogP contribution in [0.5, 0.6) is 23.1 Å². The van der Waals surface area contributed by atoms with E-state index in [1.807, 2.05) is 24.3 Å². The Morgan fingerprint density at radius 2 is 2.03 bits per heavy atom. The molecule has 4 rings (SSSR count). The maximum absolute atomic E-state index is 10.0. The Balaban J connectivity index is 1.83. The molecule has 0 saturated heterocycles. The number of allylic oxidation sites excluding steroid dienone is 1. The number of benzene rings is 2. The van der Waals surface area contributed by atoms with Gasteiger partial charge in [-0.2, -0.15) is 5.26 Å². The molecule has 0 radical (unpaired) electrons. The number of aromatic amines is 1. The van der Waals surface area contributed by atoms with Gasteiger partial charge in [-0.05, 0) is 48.4 Å². The molecule has 0 bridgehead atoms. The number of hydrogen-bond donors (Lipinski definition) is 3. The number of aromatic hydroxyl groups is 1. The second kappa shape index (κ2) is 8.32. The molecule has 8 heteroatoms. The first-order valence-electron chi connectivity index (χ1n) is 9.83. The molecule has 0 aliphatic carbocycles. The molecule has 1 aromatic heterocycles. The molecule has 158 valence electrons. The molecule has 0 spiro atoms. The Kier molecular flexibility index (Phi) is 5.41. The molecule has 2 heterocycles. The van der Waals surface area contributed by atoms with E-state index in [1.54, 1.807) is 12.1 Å². The summed E-state index contributed by atoms with van der Waals surface area (Å²) in [6, 6.07) is 14.7. The highest BCUT2D eigenvalue weighted by atomic mass is 16.5. The molecule has 0 saturated carbocycles. The maximum atomic E-state index is 10.0. The van der Waals surface area contributed by atoms with Crippen molar-refractivity contribution in [3.05, 3.63) is 65.0 Å². The first-order valence-corrected chi connectivity index (χ1v) is 9.83. The van der Waals surface area contributed by atoms with Crippen molar-refractivity contribution < 1.29 is 19.3 Å².